The standard InChI is InChI=1S/C21H21N7O4/c1-2-12-7-5-8-13(27-12)6-3-4-9-23-20(31)17-15(29)16(30)21(32-17)28-11-26-14-18(22)24-10-25-19(14)28/h2,5,7-8,10-11,15-17,21,29-30H,1,4,9H2,(H,23,31)(H2,22,24,25)/t15-,16+,17-,21+/m0/s1. The Balaban J connectivity index is 1.37. The van der Waals surface area contributed by atoms with Crippen LogP contribution in [0.3, 0.4) is 0 Å². The third kappa shape index (κ3) is 4.15. The van der Waals surface area contributed by atoms with E-state index in [9.17, 15) is 15.0 Å². The summed E-state index contributed by atoms with van der Waals surface area (Å²) in [6, 6.07) is 5.43. The molecule has 1 aliphatic rings. The smallest absolute Gasteiger partial charge is 0.252 e. The molecule has 1 saturated heterocycles. The number of rotatable bonds is 5. The molecule has 0 saturated carbocycles. The lowest BCUT2D eigenvalue weighted by Crippen LogP contribution is -2.43. The predicted molar refractivity (Wildman–Crippen MR) is 114 cm³/mol. The first-order valence-electron chi connectivity index (χ1n) is 9.80. The number of carbonyl (C=O) groups is 1. The van der Waals surface area contributed by atoms with Crippen LogP contribution in [0.2, 0.25) is 0 Å². The van der Waals surface area contributed by atoms with Crippen molar-refractivity contribution < 1.29 is 19.7 Å². The quantitative estimate of drug-likeness (QED) is 0.309. The summed E-state index contributed by atoms with van der Waals surface area (Å²) < 4.78 is 7.05. The first-order chi connectivity index (χ1) is 15.5. The van der Waals surface area contributed by atoms with Gasteiger partial charge in [-0.05, 0) is 24.1 Å². The lowest BCUT2D eigenvalue weighted by Gasteiger charge is -2.16. The number of hydrogen-bond donors (Lipinski definition) is 4. The maximum absolute atomic E-state index is 12.5. The zero-order valence-electron chi connectivity index (χ0n) is 16.9. The maximum Gasteiger partial charge on any atom is 0.252 e. The molecule has 3 aromatic rings. The van der Waals surface area contributed by atoms with Gasteiger partial charge in [0, 0.05) is 13.0 Å². The van der Waals surface area contributed by atoms with Gasteiger partial charge in [-0.1, -0.05) is 18.6 Å². The monoisotopic (exact) mass is 435 g/mol. The van der Waals surface area contributed by atoms with Crippen molar-refractivity contribution in [2.45, 2.75) is 31.0 Å². The lowest BCUT2D eigenvalue weighted by atomic mass is 10.1. The van der Waals surface area contributed by atoms with Crippen LogP contribution in [0.15, 0.2) is 37.4 Å². The maximum atomic E-state index is 12.5. The van der Waals surface area contributed by atoms with E-state index in [1.807, 2.05) is 12.1 Å². The number of nitrogens with zero attached hydrogens (tertiary/aromatic N) is 5. The molecule has 164 valence electrons. The Hall–Kier alpha value is -3.85. The molecule has 1 fully saturated rings. The van der Waals surface area contributed by atoms with Crippen molar-refractivity contribution in [2.24, 2.45) is 0 Å². The van der Waals surface area contributed by atoms with Gasteiger partial charge in [0.05, 0.1) is 12.0 Å². The highest BCUT2D eigenvalue weighted by molar-refractivity contribution is 5.82. The Kier molecular flexibility index (Phi) is 6.09. The number of carbonyl (C=O) groups excluding carboxylic acids is 1. The van der Waals surface area contributed by atoms with Crippen molar-refractivity contribution in [1.82, 2.24) is 29.8 Å². The van der Waals surface area contributed by atoms with Gasteiger partial charge in [-0.25, -0.2) is 19.9 Å². The van der Waals surface area contributed by atoms with Crippen molar-refractivity contribution >= 4 is 29.0 Å². The number of nitrogens with two attached hydrogens (primary N) is 1. The topological polar surface area (TPSA) is 161 Å². The Labute approximate surface area is 183 Å². The number of aliphatic hydroxyl groups excluding tert-OH is 2. The van der Waals surface area contributed by atoms with Crippen LogP contribution in [-0.2, 0) is 9.53 Å². The predicted octanol–water partition coefficient (Wildman–Crippen LogP) is -0.376. The molecule has 0 bridgehead atoms. The highest BCUT2D eigenvalue weighted by Gasteiger charge is 2.47. The summed E-state index contributed by atoms with van der Waals surface area (Å²) in [7, 11) is 0. The van der Waals surface area contributed by atoms with E-state index in [1.165, 1.54) is 17.2 Å². The van der Waals surface area contributed by atoms with Crippen LogP contribution >= 0.6 is 0 Å². The van der Waals surface area contributed by atoms with Crippen LogP contribution < -0.4 is 11.1 Å². The van der Waals surface area contributed by atoms with Crippen LogP contribution in [0.1, 0.15) is 24.0 Å². The molecule has 1 amide bonds. The molecule has 0 aliphatic carbocycles. The second-order valence-electron chi connectivity index (χ2n) is 7.01. The van der Waals surface area contributed by atoms with Gasteiger partial charge in [0.25, 0.3) is 5.91 Å². The highest BCUT2D eigenvalue weighted by atomic mass is 16.6. The van der Waals surface area contributed by atoms with Crippen molar-refractivity contribution in [1.29, 1.82) is 0 Å². The second-order valence-corrected chi connectivity index (χ2v) is 7.01. The van der Waals surface area contributed by atoms with Crippen molar-refractivity contribution in [3.8, 4) is 11.8 Å². The third-order valence-electron chi connectivity index (χ3n) is 4.90. The Morgan fingerprint density at radius 3 is 2.97 bits per heavy atom. The second kappa shape index (κ2) is 9.11. The first kappa shape index (κ1) is 21.4. The number of imidazole rings is 1. The minimum atomic E-state index is -1.44. The number of aliphatic hydroxyl groups is 2. The Morgan fingerprint density at radius 2 is 2.16 bits per heavy atom. The summed E-state index contributed by atoms with van der Waals surface area (Å²) in [6.45, 7) is 3.90. The molecule has 4 rings (SSSR count). The largest absolute Gasteiger partial charge is 0.387 e. The molecule has 4 heterocycles. The van der Waals surface area contributed by atoms with Gasteiger partial charge < -0.3 is 26.0 Å². The SMILES string of the molecule is C=Cc1cccc(C#CCCNC(=O)[C@H]2O[C@@H](n3cnc4c(N)ncnc43)[C@H](O)[C@@H]2O)n1. The normalized spacial score (nSPS) is 22.3. The lowest BCUT2D eigenvalue weighted by molar-refractivity contribution is -0.137. The molecule has 0 spiro atoms. The van der Waals surface area contributed by atoms with Gasteiger partial charge in [-0.3, -0.25) is 9.36 Å². The fraction of sp³-hybridized carbons (Fsp3) is 0.286. The summed E-state index contributed by atoms with van der Waals surface area (Å²) in [5.41, 5.74) is 7.75. The van der Waals surface area contributed by atoms with E-state index in [0.29, 0.717) is 23.3 Å². The van der Waals surface area contributed by atoms with Gasteiger partial charge >= 0.3 is 0 Å². The van der Waals surface area contributed by atoms with Gasteiger partial charge in [-0.2, -0.15) is 0 Å². The molecular formula is C21H21N7O4. The zero-order chi connectivity index (χ0) is 22.7. The number of hydrogen-bond acceptors (Lipinski definition) is 9. The van der Waals surface area contributed by atoms with E-state index in [4.69, 9.17) is 10.5 Å². The van der Waals surface area contributed by atoms with E-state index in [2.05, 4.69) is 43.7 Å². The number of nitrogens with one attached hydrogen (secondary N) is 1. The summed E-state index contributed by atoms with van der Waals surface area (Å²) in [6.07, 6.45) is -0.537. The highest BCUT2D eigenvalue weighted by Crippen LogP contribution is 2.32. The molecule has 32 heavy (non-hydrogen) atoms. The molecule has 3 aromatic heterocycles. The Morgan fingerprint density at radius 1 is 1.31 bits per heavy atom. The van der Waals surface area contributed by atoms with Gasteiger partial charge in [0.15, 0.2) is 23.8 Å². The molecule has 1 aliphatic heterocycles. The van der Waals surface area contributed by atoms with Crippen molar-refractivity contribution in [2.75, 3.05) is 12.3 Å². The average molecular weight is 435 g/mol. The number of pyridine rings is 1. The van der Waals surface area contributed by atoms with Crippen LogP contribution in [0.5, 0.6) is 0 Å². The summed E-state index contributed by atoms with van der Waals surface area (Å²) in [4.78, 5) is 28.8. The van der Waals surface area contributed by atoms with Crippen LogP contribution in [0.25, 0.3) is 17.2 Å². The van der Waals surface area contributed by atoms with Crippen LogP contribution in [-0.4, -0.2) is 65.5 Å². The zero-order valence-corrected chi connectivity index (χ0v) is 16.9. The van der Waals surface area contributed by atoms with Crippen LogP contribution in [0, 0.1) is 11.8 Å². The fourth-order valence-electron chi connectivity index (χ4n) is 3.30. The molecule has 5 N–H and O–H groups in total. The van der Waals surface area contributed by atoms with Crippen molar-refractivity contribution in [3.05, 3.63) is 48.8 Å². The molecule has 0 aromatic carbocycles. The summed E-state index contributed by atoms with van der Waals surface area (Å²) in [5.74, 6) is 5.44. The minimum absolute atomic E-state index is 0.170. The number of anilines is 1. The van der Waals surface area contributed by atoms with E-state index < -0.39 is 30.4 Å². The number of nitrogen functional groups attached to an aromatic ring is 1. The van der Waals surface area contributed by atoms with E-state index >= 15 is 0 Å². The minimum Gasteiger partial charge on any atom is -0.387 e. The Bertz CT molecular complexity index is 1220. The molecule has 4 atom stereocenters. The average Bonchev–Trinajstić information content (AvgIpc) is 3.36. The summed E-state index contributed by atoms with van der Waals surface area (Å²) in [5, 5.41) is 23.4. The molecule has 0 radical (unpaired) electrons. The van der Waals surface area contributed by atoms with Gasteiger partial charge in [0.2, 0.25) is 0 Å². The number of aromatic nitrogens is 5. The van der Waals surface area contributed by atoms with E-state index in [0.717, 1.165) is 5.69 Å². The molecule has 11 nitrogen and oxygen atoms in total. The van der Waals surface area contributed by atoms with E-state index in [1.54, 1.807) is 12.1 Å². The number of ether oxygens (including phenoxy) is 1. The van der Waals surface area contributed by atoms with Gasteiger partial charge in [-0.15, -0.1) is 0 Å². The number of fused-ring (bicyclic) bond motifs is 1. The van der Waals surface area contributed by atoms with Crippen molar-refractivity contribution in [3.63, 3.8) is 0 Å². The first-order valence-corrected chi connectivity index (χ1v) is 9.80. The fourth-order valence-corrected chi connectivity index (χ4v) is 3.30. The molecular weight excluding hydrogens is 414 g/mol. The van der Waals surface area contributed by atoms with E-state index in [-0.39, 0.29) is 12.4 Å². The summed E-state index contributed by atoms with van der Waals surface area (Å²) >= 11 is 0. The molecule has 11 heteroatoms. The number of amides is 1. The van der Waals surface area contributed by atoms with Crippen LogP contribution in [0.4, 0.5) is 5.82 Å². The third-order valence-corrected chi connectivity index (χ3v) is 4.90. The van der Waals surface area contributed by atoms with Gasteiger partial charge in [0.1, 0.15) is 29.7 Å². The molecule has 0 unspecified atom stereocenters.